The van der Waals surface area contributed by atoms with Gasteiger partial charge < -0.3 is 9.64 Å². The summed E-state index contributed by atoms with van der Waals surface area (Å²) in [6.07, 6.45) is -3.24. The van der Waals surface area contributed by atoms with Crippen molar-refractivity contribution in [1.82, 2.24) is 4.98 Å². The highest BCUT2D eigenvalue weighted by molar-refractivity contribution is 7.13. The maximum absolute atomic E-state index is 12.5. The molecule has 0 saturated carbocycles. The molecule has 1 fully saturated rings. The quantitative estimate of drug-likeness (QED) is 0.805. The van der Waals surface area contributed by atoms with Crippen molar-refractivity contribution >= 4 is 22.4 Å². The molecule has 1 aromatic heterocycles. The second-order valence-electron chi connectivity index (χ2n) is 4.53. The zero-order chi connectivity index (χ0) is 14.8. The van der Waals surface area contributed by atoms with Crippen molar-refractivity contribution in [1.29, 1.82) is 0 Å². The number of ether oxygens (including phenoxy) is 1. The van der Waals surface area contributed by atoms with Crippen LogP contribution in [0.2, 0.25) is 0 Å². The Morgan fingerprint density at radius 2 is 2.15 bits per heavy atom. The van der Waals surface area contributed by atoms with Gasteiger partial charge in [-0.2, -0.15) is 13.2 Å². The van der Waals surface area contributed by atoms with Crippen molar-refractivity contribution in [2.45, 2.75) is 25.9 Å². The van der Waals surface area contributed by atoms with E-state index in [4.69, 9.17) is 4.74 Å². The third-order valence-electron chi connectivity index (χ3n) is 3.17. The smallest absolute Gasteiger partial charge is 0.434 e. The Morgan fingerprint density at radius 1 is 1.50 bits per heavy atom. The molecule has 4 nitrogen and oxygen atoms in total. The third-order valence-corrected chi connectivity index (χ3v) is 4.07. The van der Waals surface area contributed by atoms with Crippen LogP contribution < -0.4 is 4.90 Å². The zero-order valence-electron chi connectivity index (χ0n) is 10.9. The van der Waals surface area contributed by atoms with Gasteiger partial charge in [-0.3, -0.25) is 4.79 Å². The SMILES string of the molecule is CCOC(=O)C1CCN(c2nc(C(F)(F)F)cs2)CC1. The largest absolute Gasteiger partial charge is 0.466 e. The number of nitrogens with zero attached hydrogens (tertiary/aromatic N) is 2. The van der Waals surface area contributed by atoms with Gasteiger partial charge in [0.05, 0.1) is 12.5 Å². The Hall–Kier alpha value is -1.31. The first-order valence-electron chi connectivity index (χ1n) is 6.36. The van der Waals surface area contributed by atoms with Gasteiger partial charge in [-0.1, -0.05) is 0 Å². The Kier molecular flexibility index (Phi) is 4.52. The molecule has 2 heterocycles. The topological polar surface area (TPSA) is 42.4 Å². The molecular formula is C12H15F3N2O2S. The summed E-state index contributed by atoms with van der Waals surface area (Å²) in [7, 11) is 0. The number of thiazole rings is 1. The first-order valence-corrected chi connectivity index (χ1v) is 7.24. The fraction of sp³-hybridized carbons (Fsp3) is 0.667. The van der Waals surface area contributed by atoms with Gasteiger partial charge in [-0.05, 0) is 19.8 Å². The van der Waals surface area contributed by atoms with Crippen molar-refractivity contribution < 1.29 is 22.7 Å². The minimum absolute atomic E-state index is 0.159. The summed E-state index contributed by atoms with van der Waals surface area (Å²) in [6.45, 7) is 3.14. The van der Waals surface area contributed by atoms with Crippen molar-refractivity contribution in [3.63, 3.8) is 0 Å². The van der Waals surface area contributed by atoms with Crippen LogP contribution in [-0.2, 0) is 15.7 Å². The number of rotatable bonds is 3. The molecule has 0 aliphatic carbocycles. The molecule has 0 bridgehead atoms. The van der Waals surface area contributed by atoms with Gasteiger partial charge in [0, 0.05) is 18.5 Å². The minimum atomic E-state index is -4.40. The average Bonchev–Trinajstić information content (AvgIpc) is 2.89. The van der Waals surface area contributed by atoms with E-state index in [1.54, 1.807) is 11.8 Å². The van der Waals surface area contributed by atoms with E-state index in [9.17, 15) is 18.0 Å². The maximum Gasteiger partial charge on any atom is 0.434 e. The molecule has 0 unspecified atom stereocenters. The summed E-state index contributed by atoms with van der Waals surface area (Å²) in [4.78, 5) is 17.0. The monoisotopic (exact) mass is 308 g/mol. The van der Waals surface area contributed by atoms with Crippen LogP contribution in [0.4, 0.5) is 18.3 Å². The van der Waals surface area contributed by atoms with Crippen molar-refractivity contribution in [2.75, 3.05) is 24.6 Å². The van der Waals surface area contributed by atoms with E-state index in [1.807, 2.05) is 0 Å². The standard InChI is InChI=1S/C12H15F3N2O2S/c1-2-19-10(18)8-3-5-17(6-4-8)11-16-9(7-20-11)12(13,14)15/h7-8H,2-6H2,1H3. The summed E-state index contributed by atoms with van der Waals surface area (Å²) in [5, 5.41) is 1.38. The van der Waals surface area contributed by atoms with Gasteiger partial charge in [0.1, 0.15) is 0 Å². The van der Waals surface area contributed by atoms with Gasteiger partial charge in [-0.15, -0.1) is 11.3 Å². The molecule has 2 rings (SSSR count). The lowest BCUT2D eigenvalue weighted by atomic mass is 9.97. The molecule has 1 aliphatic heterocycles. The molecule has 8 heteroatoms. The Labute approximate surface area is 118 Å². The highest BCUT2D eigenvalue weighted by atomic mass is 32.1. The van der Waals surface area contributed by atoms with Crippen LogP contribution in [0.3, 0.4) is 0 Å². The fourth-order valence-corrected chi connectivity index (χ4v) is 2.99. The minimum Gasteiger partial charge on any atom is -0.466 e. The van der Waals surface area contributed by atoms with E-state index in [0.29, 0.717) is 37.7 Å². The predicted octanol–water partition coefficient (Wildman–Crippen LogP) is 2.94. The maximum atomic E-state index is 12.5. The molecule has 0 aromatic carbocycles. The predicted molar refractivity (Wildman–Crippen MR) is 68.7 cm³/mol. The van der Waals surface area contributed by atoms with E-state index in [2.05, 4.69) is 4.98 Å². The van der Waals surface area contributed by atoms with E-state index in [0.717, 1.165) is 16.7 Å². The van der Waals surface area contributed by atoms with Crippen molar-refractivity contribution in [3.05, 3.63) is 11.1 Å². The molecule has 112 valence electrons. The van der Waals surface area contributed by atoms with Gasteiger partial charge >= 0.3 is 12.1 Å². The van der Waals surface area contributed by atoms with E-state index in [-0.39, 0.29) is 11.9 Å². The third kappa shape index (κ3) is 3.41. The molecule has 20 heavy (non-hydrogen) atoms. The zero-order valence-corrected chi connectivity index (χ0v) is 11.8. The van der Waals surface area contributed by atoms with Crippen LogP contribution in [0.5, 0.6) is 0 Å². The molecule has 0 radical (unpaired) electrons. The van der Waals surface area contributed by atoms with E-state index in [1.165, 1.54) is 0 Å². The number of carbonyl (C=O) groups excluding carboxylic acids is 1. The Morgan fingerprint density at radius 3 is 2.65 bits per heavy atom. The van der Waals surface area contributed by atoms with Gasteiger partial charge in [0.2, 0.25) is 0 Å². The number of hydrogen-bond donors (Lipinski definition) is 0. The number of alkyl halides is 3. The van der Waals surface area contributed by atoms with E-state index >= 15 is 0 Å². The number of aromatic nitrogens is 1. The molecule has 0 amide bonds. The number of carbonyl (C=O) groups is 1. The highest BCUT2D eigenvalue weighted by Gasteiger charge is 2.35. The number of piperidine rings is 1. The Balaban J connectivity index is 1.94. The summed E-state index contributed by atoms with van der Waals surface area (Å²) in [5.74, 6) is -0.379. The Bertz CT molecular complexity index is 468. The van der Waals surface area contributed by atoms with Crippen LogP contribution in [0.15, 0.2) is 5.38 Å². The first kappa shape index (κ1) is 15.1. The summed E-state index contributed by atoms with van der Waals surface area (Å²) in [5.41, 5.74) is -0.856. The van der Waals surface area contributed by atoms with Crippen LogP contribution in [0.1, 0.15) is 25.5 Å². The lowest BCUT2D eigenvalue weighted by Crippen LogP contribution is -2.37. The number of anilines is 1. The second-order valence-corrected chi connectivity index (χ2v) is 5.36. The lowest BCUT2D eigenvalue weighted by molar-refractivity contribution is -0.148. The lowest BCUT2D eigenvalue weighted by Gasteiger charge is -2.30. The second kappa shape index (κ2) is 5.99. The summed E-state index contributed by atoms with van der Waals surface area (Å²) < 4.78 is 42.4. The highest BCUT2D eigenvalue weighted by Crippen LogP contribution is 2.34. The molecule has 0 N–H and O–H groups in total. The fourth-order valence-electron chi connectivity index (χ4n) is 2.11. The average molecular weight is 308 g/mol. The molecule has 1 aromatic rings. The van der Waals surface area contributed by atoms with Gasteiger partial charge in [-0.25, -0.2) is 4.98 Å². The van der Waals surface area contributed by atoms with Gasteiger partial charge in [0.15, 0.2) is 10.8 Å². The number of halogens is 3. The number of hydrogen-bond acceptors (Lipinski definition) is 5. The van der Waals surface area contributed by atoms with Crippen LogP contribution in [0, 0.1) is 5.92 Å². The summed E-state index contributed by atoms with van der Waals surface area (Å²) in [6, 6.07) is 0. The molecule has 1 aliphatic rings. The van der Waals surface area contributed by atoms with Crippen LogP contribution in [-0.4, -0.2) is 30.6 Å². The first-order chi connectivity index (χ1) is 9.41. The van der Waals surface area contributed by atoms with Crippen LogP contribution in [0.25, 0.3) is 0 Å². The molecule has 0 spiro atoms. The van der Waals surface area contributed by atoms with Crippen molar-refractivity contribution in [3.8, 4) is 0 Å². The number of esters is 1. The van der Waals surface area contributed by atoms with E-state index < -0.39 is 11.9 Å². The normalized spacial score (nSPS) is 17.3. The summed E-state index contributed by atoms with van der Waals surface area (Å²) >= 11 is 0.981. The van der Waals surface area contributed by atoms with Crippen LogP contribution >= 0.6 is 11.3 Å². The molecule has 1 saturated heterocycles. The van der Waals surface area contributed by atoms with Gasteiger partial charge in [0.25, 0.3) is 0 Å². The molecule has 0 atom stereocenters. The van der Waals surface area contributed by atoms with Crippen molar-refractivity contribution in [2.24, 2.45) is 5.92 Å². The molecular weight excluding hydrogens is 293 g/mol.